The fourth-order valence-electron chi connectivity index (χ4n) is 3.13. The summed E-state index contributed by atoms with van der Waals surface area (Å²) in [7, 11) is 0. The van der Waals surface area contributed by atoms with Gasteiger partial charge in [-0.1, -0.05) is 30.4 Å². The van der Waals surface area contributed by atoms with Crippen LogP contribution in [0.4, 0.5) is 0 Å². The molecule has 2 rings (SSSR count). The Hall–Kier alpha value is -0.260. The summed E-state index contributed by atoms with van der Waals surface area (Å²) in [6.07, 6.45) is 10.3. The zero-order chi connectivity index (χ0) is 9.26. The molecule has 2 atom stereocenters. The van der Waals surface area contributed by atoms with E-state index in [0.29, 0.717) is 0 Å². The number of fused-ring (bicyclic) bond motifs is 1. The Morgan fingerprint density at radius 3 is 1.69 bits per heavy atom. The van der Waals surface area contributed by atoms with Crippen molar-refractivity contribution in [2.24, 2.45) is 11.8 Å². The molecule has 2 aliphatic rings. The van der Waals surface area contributed by atoms with Crippen LogP contribution in [0.15, 0.2) is 11.1 Å². The molecule has 2 aliphatic carbocycles. The van der Waals surface area contributed by atoms with Gasteiger partial charge in [-0.2, -0.15) is 0 Å². The minimum atomic E-state index is 1.05. The van der Waals surface area contributed by atoms with Gasteiger partial charge in [-0.3, -0.25) is 0 Å². The normalized spacial score (nSPS) is 35.5. The van der Waals surface area contributed by atoms with Crippen molar-refractivity contribution in [1.82, 2.24) is 0 Å². The van der Waals surface area contributed by atoms with E-state index < -0.39 is 0 Å². The van der Waals surface area contributed by atoms with Gasteiger partial charge in [0.1, 0.15) is 0 Å². The van der Waals surface area contributed by atoms with E-state index in [1.807, 2.05) is 0 Å². The summed E-state index contributed by atoms with van der Waals surface area (Å²) in [5.41, 5.74) is 3.39. The minimum Gasteiger partial charge on any atom is -0.0741 e. The summed E-state index contributed by atoms with van der Waals surface area (Å²) < 4.78 is 0. The van der Waals surface area contributed by atoms with Crippen LogP contribution in [0.3, 0.4) is 0 Å². The van der Waals surface area contributed by atoms with E-state index in [2.05, 4.69) is 13.8 Å². The van der Waals surface area contributed by atoms with Gasteiger partial charge in [0.15, 0.2) is 0 Å². The predicted octanol–water partition coefficient (Wildman–Crippen LogP) is 4.31. The van der Waals surface area contributed by atoms with Gasteiger partial charge >= 0.3 is 0 Å². The third-order valence-electron chi connectivity index (χ3n) is 4.18. The maximum Gasteiger partial charge on any atom is -0.0289 e. The van der Waals surface area contributed by atoms with Gasteiger partial charge in [-0.25, -0.2) is 0 Å². The maximum atomic E-state index is 2.34. The molecule has 0 radical (unpaired) electrons. The molecular weight excluding hydrogens is 156 g/mol. The number of allylic oxidation sites excluding steroid dienone is 2. The second kappa shape index (κ2) is 3.86. The molecule has 13 heavy (non-hydrogen) atoms. The van der Waals surface area contributed by atoms with Gasteiger partial charge in [0.2, 0.25) is 0 Å². The highest BCUT2D eigenvalue weighted by Gasteiger charge is 2.27. The Balaban J connectivity index is 2.09. The molecule has 0 heteroatoms. The molecule has 0 aromatic carbocycles. The van der Waals surface area contributed by atoms with Crippen LogP contribution in [0.25, 0.3) is 0 Å². The SMILES string of the molecule is CC1=C(C)CC2CCCCCC2C1. The van der Waals surface area contributed by atoms with E-state index in [4.69, 9.17) is 0 Å². The lowest BCUT2D eigenvalue weighted by Gasteiger charge is -2.31. The molecule has 0 aliphatic heterocycles. The van der Waals surface area contributed by atoms with Crippen molar-refractivity contribution in [2.75, 3.05) is 0 Å². The van der Waals surface area contributed by atoms with Crippen molar-refractivity contribution in [2.45, 2.75) is 58.8 Å². The first-order valence-corrected chi connectivity index (χ1v) is 5.92. The average Bonchev–Trinajstić information content (AvgIpc) is 2.31. The zero-order valence-electron chi connectivity index (χ0n) is 9.10. The molecule has 0 aromatic heterocycles. The number of hydrogen-bond donors (Lipinski definition) is 0. The molecule has 0 amide bonds. The van der Waals surface area contributed by atoms with Gasteiger partial charge < -0.3 is 0 Å². The van der Waals surface area contributed by atoms with E-state index in [9.17, 15) is 0 Å². The topological polar surface area (TPSA) is 0 Å². The quantitative estimate of drug-likeness (QED) is 0.485. The Morgan fingerprint density at radius 2 is 1.23 bits per heavy atom. The van der Waals surface area contributed by atoms with Crippen molar-refractivity contribution in [3.05, 3.63) is 11.1 Å². The third-order valence-corrected chi connectivity index (χ3v) is 4.18. The lowest BCUT2D eigenvalue weighted by atomic mass is 9.74. The van der Waals surface area contributed by atoms with Crippen LogP contribution in [0, 0.1) is 11.8 Å². The smallest absolute Gasteiger partial charge is 0.0289 e. The average molecular weight is 178 g/mol. The molecule has 0 spiro atoms. The van der Waals surface area contributed by atoms with Crippen LogP contribution in [-0.2, 0) is 0 Å². The number of hydrogen-bond acceptors (Lipinski definition) is 0. The van der Waals surface area contributed by atoms with E-state index in [1.54, 1.807) is 11.1 Å². The Morgan fingerprint density at radius 1 is 0.769 bits per heavy atom. The summed E-state index contributed by atoms with van der Waals surface area (Å²) in [5, 5.41) is 0. The Kier molecular flexibility index (Phi) is 2.76. The maximum absolute atomic E-state index is 2.34. The summed E-state index contributed by atoms with van der Waals surface area (Å²) >= 11 is 0. The molecule has 0 heterocycles. The molecule has 0 saturated heterocycles. The van der Waals surface area contributed by atoms with Gasteiger partial charge in [-0.05, 0) is 51.4 Å². The van der Waals surface area contributed by atoms with Crippen LogP contribution in [0.5, 0.6) is 0 Å². The van der Waals surface area contributed by atoms with Gasteiger partial charge in [0.05, 0.1) is 0 Å². The lowest BCUT2D eigenvalue weighted by molar-refractivity contribution is 0.289. The highest BCUT2D eigenvalue weighted by Crippen LogP contribution is 2.41. The zero-order valence-corrected chi connectivity index (χ0v) is 9.10. The van der Waals surface area contributed by atoms with Crippen LogP contribution in [-0.4, -0.2) is 0 Å². The van der Waals surface area contributed by atoms with Gasteiger partial charge in [0, 0.05) is 0 Å². The first-order valence-electron chi connectivity index (χ1n) is 5.92. The van der Waals surface area contributed by atoms with Crippen LogP contribution < -0.4 is 0 Å². The summed E-state index contributed by atoms with van der Waals surface area (Å²) in [6, 6.07) is 0. The van der Waals surface area contributed by atoms with E-state index in [0.717, 1.165) is 11.8 Å². The van der Waals surface area contributed by atoms with Crippen molar-refractivity contribution in [3.8, 4) is 0 Å². The molecule has 1 saturated carbocycles. The first kappa shape index (κ1) is 9.30. The van der Waals surface area contributed by atoms with Crippen molar-refractivity contribution in [1.29, 1.82) is 0 Å². The summed E-state index contributed by atoms with van der Waals surface area (Å²) in [5.74, 6) is 2.09. The van der Waals surface area contributed by atoms with Gasteiger partial charge in [-0.15, -0.1) is 0 Å². The molecular formula is C13H22. The fraction of sp³-hybridized carbons (Fsp3) is 0.846. The number of rotatable bonds is 0. The monoisotopic (exact) mass is 178 g/mol. The molecule has 74 valence electrons. The molecule has 0 nitrogen and oxygen atoms in total. The molecule has 0 aromatic rings. The van der Waals surface area contributed by atoms with Gasteiger partial charge in [0.25, 0.3) is 0 Å². The van der Waals surface area contributed by atoms with Crippen molar-refractivity contribution in [3.63, 3.8) is 0 Å². The van der Waals surface area contributed by atoms with Crippen molar-refractivity contribution >= 4 is 0 Å². The Labute approximate surface area is 82.4 Å². The highest BCUT2D eigenvalue weighted by molar-refractivity contribution is 5.15. The van der Waals surface area contributed by atoms with Crippen molar-refractivity contribution < 1.29 is 0 Å². The minimum absolute atomic E-state index is 1.05. The first-order chi connectivity index (χ1) is 6.27. The standard InChI is InChI=1S/C13H22/c1-10-8-12-6-4-3-5-7-13(12)9-11(10)2/h12-13H,3-9H2,1-2H3. The lowest BCUT2D eigenvalue weighted by Crippen LogP contribution is -2.19. The molecule has 0 N–H and O–H groups in total. The summed E-state index contributed by atoms with van der Waals surface area (Å²) in [6.45, 7) is 4.69. The fourth-order valence-corrected chi connectivity index (χ4v) is 3.13. The second-order valence-corrected chi connectivity index (χ2v) is 5.13. The molecule has 1 fully saturated rings. The summed E-state index contributed by atoms with van der Waals surface area (Å²) in [4.78, 5) is 0. The van der Waals surface area contributed by atoms with E-state index in [1.165, 1.54) is 44.9 Å². The van der Waals surface area contributed by atoms with E-state index in [-0.39, 0.29) is 0 Å². The second-order valence-electron chi connectivity index (χ2n) is 5.13. The predicted molar refractivity (Wildman–Crippen MR) is 57.7 cm³/mol. The highest BCUT2D eigenvalue weighted by atomic mass is 14.3. The largest absolute Gasteiger partial charge is 0.0741 e. The molecule has 2 unspecified atom stereocenters. The third kappa shape index (κ3) is 1.98. The van der Waals surface area contributed by atoms with Crippen LogP contribution in [0.1, 0.15) is 58.8 Å². The van der Waals surface area contributed by atoms with Crippen LogP contribution in [0.2, 0.25) is 0 Å². The van der Waals surface area contributed by atoms with Crippen LogP contribution >= 0.6 is 0 Å². The van der Waals surface area contributed by atoms with E-state index >= 15 is 0 Å². The Bertz CT molecular complexity index is 190. The molecule has 0 bridgehead atoms.